The number of halogens is 1. The number of thioether (sulfide) groups is 1. The van der Waals surface area contributed by atoms with Gasteiger partial charge in [-0.05, 0) is 54.6 Å². The molecule has 0 bridgehead atoms. The zero-order chi connectivity index (χ0) is 21.3. The van der Waals surface area contributed by atoms with Crippen LogP contribution < -0.4 is 5.32 Å². The summed E-state index contributed by atoms with van der Waals surface area (Å²) in [5.74, 6) is 0.248. The summed E-state index contributed by atoms with van der Waals surface area (Å²) in [6, 6.07) is 15.4. The Labute approximate surface area is 189 Å². The van der Waals surface area contributed by atoms with E-state index in [-0.39, 0.29) is 11.9 Å². The third kappa shape index (κ3) is 6.26. The Hall–Kier alpha value is -1.98. The zero-order valence-electron chi connectivity index (χ0n) is 17.7. The van der Waals surface area contributed by atoms with Crippen LogP contribution in [0.1, 0.15) is 51.0 Å². The van der Waals surface area contributed by atoms with Crippen LogP contribution in [0.5, 0.6) is 0 Å². The Kier molecular flexibility index (Phi) is 8.64. The largest absolute Gasteiger partial charge is 0.342 e. The molecule has 160 valence electrons. The molecule has 2 aromatic rings. The van der Waals surface area contributed by atoms with E-state index in [2.05, 4.69) is 12.2 Å². The maximum atomic E-state index is 12.8. The van der Waals surface area contributed by atoms with Gasteiger partial charge in [0.25, 0.3) is 0 Å². The Bertz CT molecular complexity index is 852. The summed E-state index contributed by atoms with van der Waals surface area (Å²) in [6.07, 6.45) is 9.26. The van der Waals surface area contributed by atoms with Gasteiger partial charge in [0.1, 0.15) is 0 Å². The molecule has 0 aromatic heterocycles. The number of anilines is 1. The Morgan fingerprint density at radius 3 is 2.47 bits per heavy atom. The second-order valence-electron chi connectivity index (χ2n) is 7.63. The second kappa shape index (κ2) is 11.4. The van der Waals surface area contributed by atoms with Crippen LogP contribution in [0.2, 0.25) is 5.02 Å². The van der Waals surface area contributed by atoms with E-state index in [4.69, 9.17) is 16.7 Å². The molecule has 0 aliphatic carbocycles. The molecule has 3 rings (SSSR count). The minimum atomic E-state index is -0.188. The number of rotatable bonds is 9. The van der Waals surface area contributed by atoms with Crippen LogP contribution in [0.3, 0.4) is 0 Å². The predicted octanol–water partition coefficient (Wildman–Crippen LogP) is 7.29. The Morgan fingerprint density at radius 1 is 1.10 bits per heavy atom. The van der Waals surface area contributed by atoms with E-state index in [0.29, 0.717) is 11.6 Å². The van der Waals surface area contributed by atoms with E-state index in [1.165, 1.54) is 30.6 Å². The standard InChI is InChI=1S/C24H30ClN3OS/c1-3-4-5-6-7-8-19-17-28(27-23(19)18-9-11-20(25)12-10-18)24(29)26-21-13-15-22(30-2)16-14-21/h9-16,19H,3-8,17H2,1-2H3,(H,26,29). The van der Waals surface area contributed by atoms with Crippen molar-refractivity contribution in [1.82, 2.24) is 5.01 Å². The van der Waals surface area contributed by atoms with Gasteiger partial charge in [-0.15, -0.1) is 11.8 Å². The molecule has 2 amide bonds. The van der Waals surface area contributed by atoms with E-state index in [9.17, 15) is 4.79 Å². The SMILES string of the molecule is CCCCCCCC1CN(C(=O)Nc2ccc(SC)cc2)N=C1c1ccc(Cl)cc1. The number of carbonyl (C=O) groups is 1. The van der Waals surface area contributed by atoms with E-state index >= 15 is 0 Å². The molecule has 30 heavy (non-hydrogen) atoms. The molecule has 1 N–H and O–H groups in total. The molecule has 0 fully saturated rings. The number of carbonyl (C=O) groups excluding carboxylic acids is 1. The van der Waals surface area contributed by atoms with Gasteiger partial charge in [0.2, 0.25) is 0 Å². The van der Waals surface area contributed by atoms with E-state index in [0.717, 1.165) is 29.8 Å². The van der Waals surface area contributed by atoms with Crippen molar-refractivity contribution in [3.63, 3.8) is 0 Å². The number of nitrogens with zero attached hydrogens (tertiary/aromatic N) is 2. The van der Waals surface area contributed by atoms with Crippen LogP contribution in [-0.4, -0.2) is 29.6 Å². The van der Waals surface area contributed by atoms with Crippen LogP contribution in [0, 0.1) is 5.92 Å². The first-order chi connectivity index (χ1) is 14.6. The topological polar surface area (TPSA) is 44.7 Å². The molecule has 0 saturated heterocycles. The molecular formula is C24H30ClN3OS. The van der Waals surface area contributed by atoms with Crippen molar-refractivity contribution < 1.29 is 4.79 Å². The van der Waals surface area contributed by atoms with E-state index in [1.54, 1.807) is 16.8 Å². The van der Waals surface area contributed by atoms with Crippen LogP contribution in [0.15, 0.2) is 58.5 Å². The van der Waals surface area contributed by atoms with Crippen molar-refractivity contribution in [3.8, 4) is 0 Å². The highest BCUT2D eigenvalue weighted by Gasteiger charge is 2.30. The lowest BCUT2D eigenvalue weighted by molar-refractivity contribution is 0.215. The number of hydrazone groups is 1. The van der Waals surface area contributed by atoms with Gasteiger partial charge in [-0.1, -0.05) is 62.8 Å². The van der Waals surface area contributed by atoms with Gasteiger partial charge in [-0.3, -0.25) is 0 Å². The molecule has 1 heterocycles. The van der Waals surface area contributed by atoms with Gasteiger partial charge in [0.15, 0.2) is 0 Å². The molecule has 1 aliphatic heterocycles. The molecule has 1 aliphatic rings. The summed E-state index contributed by atoms with van der Waals surface area (Å²) in [7, 11) is 0. The Balaban J connectivity index is 1.69. The molecule has 0 saturated carbocycles. The fraction of sp³-hybridized carbons (Fsp3) is 0.417. The van der Waals surface area contributed by atoms with Crippen molar-refractivity contribution in [2.45, 2.75) is 50.3 Å². The molecule has 1 unspecified atom stereocenters. The first kappa shape index (κ1) is 22.7. The first-order valence-electron chi connectivity index (χ1n) is 10.7. The van der Waals surface area contributed by atoms with Crippen molar-refractivity contribution in [3.05, 3.63) is 59.1 Å². The van der Waals surface area contributed by atoms with Crippen molar-refractivity contribution in [2.75, 3.05) is 18.1 Å². The summed E-state index contributed by atoms with van der Waals surface area (Å²) in [5.41, 5.74) is 2.80. The smallest absolute Gasteiger partial charge is 0.306 e. The van der Waals surface area contributed by atoms with Crippen LogP contribution in [-0.2, 0) is 0 Å². The predicted molar refractivity (Wildman–Crippen MR) is 129 cm³/mol. The van der Waals surface area contributed by atoms with Gasteiger partial charge in [0.05, 0.1) is 12.3 Å². The van der Waals surface area contributed by atoms with Crippen molar-refractivity contribution in [2.24, 2.45) is 11.0 Å². The van der Waals surface area contributed by atoms with E-state index in [1.807, 2.05) is 54.8 Å². The summed E-state index contributed by atoms with van der Waals surface area (Å²) in [6.45, 7) is 2.84. The molecule has 0 radical (unpaired) electrons. The summed E-state index contributed by atoms with van der Waals surface area (Å²) < 4.78 is 0. The molecule has 2 aromatic carbocycles. The number of urea groups is 1. The lowest BCUT2D eigenvalue weighted by Crippen LogP contribution is -2.30. The average Bonchev–Trinajstić information content (AvgIpc) is 3.19. The number of benzene rings is 2. The summed E-state index contributed by atoms with van der Waals surface area (Å²) in [4.78, 5) is 14.0. The molecule has 6 heteroatoms. The number of hydrogen-bond donors (Lipinski definition) is 1. The molecule has 1 atom stereocenters. The number of unbranched alkanes of at least 4 members (excludes halogenated alkanes) is 4. The third-order valence-electron chi connectivity index (χ3n) is 5.38. The van der Waals surface area contributed by atoms with Gasteiger partial charge in [0, 0.05) is 21.5 Å². The fourth-order valence-electron chi connectivity index (χ4n) is 3.67. The summed E-state index contributed by atoms with van der Waals surface area (Å²) in [5, 5.41) is 9.95. The number of amides is 2. The van der Waals surface area contributed by atoms with Gasteiger partial charge < -0.3 is 5.32 Å². The Morgan fingerprint density at radius 2 is 1.80 bits per heavy atom. The minimum Gasteiger partial charge on any atom is -0.306 e. The third-order valence-corrected chi connectivity index (χ3v) is 6.38. The lowest BCUT2D eigenvalue weighted by atomic mass is 9.92. The minimum absolute atomic E-state index is 0.188. The number of hydrogen-bond acceptors (Lipinski definition) is 3. The maximum Gasteiger partial charge on any atom is 0.342 e. The van der Waals surface area contributed by atoms with Gasteiger partial charge >= 0.3 is 6.03 Å². The number of nitrogens with one attached hydrogen (secondary N) is 1. The maximum absolute atomic E-state index is 12.8. The molecule has 0 spiro atoms. The quantitative estimate of drug-likeness (QED) is 0.326. The monoisotopic (exact) mass is 443 g/mol. The van der Waals surface area contributed by atoms with Crippen LogP contribution in [0.4, 0.5) is 10.5 Å². The summed E-state index contributed by atoms with van der Waals surface area (Å²) >= 11 is 7.74. The average molecular weight is 444 g/mol. The molecule has 4 nitrogen and oxygen atoms in total. The molecular weight excluding hydrogens is 414 g/mol. The first-order valence-corrected chi connectivity index (χ1v) is 12.3. The fourth-order valence-corrected chi connectivity index (χ4v) is 4.21. The zero-order valence-corrected chi connectivity index (χ0v) is 19.3. The van der Waals surface area contributed by atoms with Crippen molar-refractivity contribution >= 4 is 40.8 Å². The van der Waals surface area contributed by atoms with Crippen LogP contribution in [0.25, 0.3) is 0 Å². The highest BCUT2D eigenvalue weighted by Crippen LogP contribution is 2.26. The highest BCUT2D eigenvalue weighted by molar-refractivity contribution is 7.98. The lowest BCUT2D eigenvalue weighted by Gasteiger charge is -2.16. The second-order valence-corrected chi connectivity index (χ2v) is 8.95. The normalized spacial score (nSPS) is 15.9. The van der Waals surface area contributed by atoms with Gasteiger partial charge in [-0.2, -0.15) is 5.10 Å². The highest BCUT2D eigenvalue weighted by atomic mass is 35.5. The van der Waals surface area contributed by atoms with Crippen molar-refractivity contribution in [1.29, 1.82) is 0 Å². The van der Waals surface area contributed by atoms with Gasteiger partial charge in [-0.25, -0.2) is 9.80 Å². The van der Waals surface area contributed by atoms with E-state index < -0.39 is 0 Å². The van der Waals surface area contributed by atoms with Crippen LogP contribution >= 0.6 is 23.4 Å².